The SMILES string of the molecule is CCOc1cccc(CNS(=O)(=O)c2ccc([N+](=O)[O-])cc2)c1. The van der Waals surface area contributed by atoms with Crippen LogP contribution in [0.2, 0.25) is 0 Å². The van der Waals surface area contributed by atoms with Crippen molar-refractivity contribution < 1.29 is 18.1 Å². The van der Waals surface area contributed by atoms with E-state index in [0.717, 1.165) is 17.7 Å². The van der Waals surface area contributed by atoms with Gasteiger partial charge in [-0.3, -0.25) is 10.1 Å². The van der Waals surface area contributed by atoms with Crippen LogP contribution < -0.4 is 9.46 Å². The molecule has 122 valence electrons. The van der Waals surface area contributed by atoms with Crippen LogP contribution in [0.4, 0.5) is 5.69 Å². The van der Waals surface area contributed by atoms with E-state index in [2.05, 4.69) is 4.72 Å². The number of hydrogen-bond donors (Lipinski definition) is 1. The Balaban J connectivity index is 2.09. The Bertz CT molecular complexity index is 788. The van der Waals surface area contributed by atoms with Crippen molar-refractivity contribution in [1.82, 2.24) is 4.72 Å². The number of rotatable bonds is 7. The molecule has 0 saturated heterocycles. The lowest BCUT2D eigenvalue weighted by Gasteiger charge is -2.08. The van der Waals surface area contributed by atoms with Gasteiger partial charge in [0.1, 0.15) is 5.75 Å². The first-order chi connectivity index (χ1) is 10.9. The van der Waals surface area contributed by atoms with Crippen LogP contribution in [-0.4, -0.2) is 19.9 Å². The van der Waals surface area contributed by atoms with E-state index in [1.165, 1.54) is 12.1 Å². The number of sulfonamides is 1. The topological polar surface area (TPSA) is 98.5 Å². The van der Waals surface area contributed by atoms with Gasteiger partial charge in [0, 0.05) is 18.7 Å². The minimum absolute atomic E-state index is 0.0240. The molecule has 0 spiro atoms. The average molecular weight is 336 g/mol. The smallest absolute Gasteiger partial charge is 0.269 e. The van der Waals surface area contributed by atoms with Gasteiger partial charge in [-0.05, 0) is 36.8 Å². The largest absolute Gasteiger partial charge is 0.494 e. The summed E-state index contributed by atoms with van der Waals surface area (Å²) in [5, 5.41) is 10.6. The van der Waals surface area contributed by atoms with Gasteiger partial charge in [0.15, 0.2) is 0 Å². The second-order valence-corrected chi connectivity index (χ2v) is 6.42. The van der Waals surface area contributed by atoms with E-state index in [0.29, 0.717) is 12.4 Å². The van der Waals surface area contributed by atoms with Gasteiger partial charge in [-0.15, -0.1) is 0 Å². The van der Waals surface area contributed by atoms with E-state index in [9.17, 15) is 18.5 Å². The third-order valence-electron chi connectivity index (χ3n) is 3.03. The second kappa shape index (κ2) is 7.21. The van der Waals surface area contributed by atoms with E-state index in [1.807, 2.05) is 6.92 Å². The predicted octanol–water partition coefficient (Wildman–Crippen LogP) is 2.47. The van der Waals surface area contributed by atoms with Crippen molar-refractivity contribution in [3.05, 3.63) is 64.2 Å². The van der Waals surface area contributed by atoms with Crippen molar-refractivity contribution in [3.63, 3.8) is 0 Å². The molecule has 0 atom stereocenters. The van der Waals surface area contributed by atoms with Crippen LogP contribution in [0.15, 0.2) is 53.4 Å². The highest BCUT2D eigenvalue weighted by Crippen LogP contribution is 2.17. The van der Waals surface area contributed by atoms with Crippen molar-refractivity contribution in [1.29, 1.82) is 0 Å². The molecule has 0 radical (unpaired) electrons. The summed E-state index contributed by atoms with van der Waals surface area (Å²) in [6.07, 6.45) is 0. The molecule has 8 heteroatoms. The maximum Gasteiger partial charge on any atom is 0.269 e. The molecule has 7 nitrogen and oxygen atoms in total. The summed E-state index contributed by atoms with van der Waals surface area (Å²) in [7, 11) is -3.74. The monoisotopic (exact) mass is 336 g/mol. The van der Waals surface area contributed by atoms with E-state index < -0.39 is 14.9 Å². The van der Waals surface area contributed by atoms with Crippen LogP contribution in [-0.2, 0) is 16.6 Å². The number of nitro groups is 1. The zero-order valence-electron chi connectivity index (χ0n) is 12.4. The predicted molar refractivity (Wildman–Crippen MR) is 84.7 cm³/mol. The van der Waals surface area contributed by atoms with Crippen LogP contribution in [0, 0.1) is 10.1 Å². The van der Waals surface area contributed by atoms with Crippen molar-refractivity contribution in [2.75, 3.05) is 6.61 Å². The third kappa shape index (κ3) is 4.51. The van der Waals surface area contributed by atoms with E-state index in [4.69, 9.17) is 4.74 Å². The molecular formula is C15H16N2O5S. The molecule has 0 aliphatic rings. The molecule has 0 saturated carbocycles. The quantitative estimate of drug-likeness (QED) is 0.618. The minimum atomic E-state index is -3.74. The van der Waals surface area contributed by atoms with Gasteiger partial charge in [-0.2, -0.15) is 0 Å². The fourth-order valence-electron chi connectivity index (χ4n) is 1.92. The average Bonchev–Trinajstić information content (AvgIpc) is 2.54. The molecule has 0 fully saturated rings. The van der Waals surface area contributed by atoms with Gasteiger partial charge in [0.25, 0.3) is 5.69 Å². The third-order valence-corrected chi connectivity index (χ3v) is 4.45. The molecule has 0 bridgehead atoms. The lowest BCUT2D eigenvalue weighted by atomic mass is 10.2. The van der Waals surface area contributed by atoms with Crippen molar-refractivity contribution in [3.8, 4) is 5.75 Å². The molecule has 2 rings (SSSR count). The first-order valence-corrected chi connectivity index (χ1v) is 8.36. The Morgan fingerprint density at radius 2 is 1.87 bits per heavy atom. The molecule has 0 aliphatic carbocycles. The fourth-order valence-corrected chi connectivity index (χ4v) is 2.94. The molecule has 0 aliphatic heterocycles. The highest BCUT2D eigenvalue weighted by atomic mass is 32.2. The lowest BCUT2D eigenvalue weighted by molar-refractivity contribution is -0.384. The Morgan fingerprint density at radius 1 is 1.17 bits per heavy atom. The number of nitrogens with one attached hydrogen (secondary N) is 1. The molecular weight excluding hydrogens is 320 g/mol. The number of nitrogens with zero attached hydrogens (tertiary/aromatic N) is 1. The molecule has 1 N–H and O–H groups in total. The van der Waals surface area contributed by atoms with Crippen LogP contribution in [0.3, 0.4) is 0 Å². The summed E-state index contributed by atoms with van der Waals surface area (Å²) in [6, 6.07) is 11.8. The zero-order valence-corrected chi connectivity index (χ0v) is 13.2. The summed E-state index contributed by atoms with van der Waals surface area (Å²) in [4.78, 5) is 9.98. The molecule has 0 unspecified atom stereocenters. The Morgan fingerprint density at radius 3 is 2.48 bits per heavy atom. The molecule has 23 heavy (non-hydrogen) atoms. The summed E-state index contributed by atoms with van der Waals surface area (Å²) in [5.41, 5.74) is 0.592. The van der Waals surface area contributed by atoms with E-state index in [-0.39, 0.29) is 17.1 Å². The second-order valence-electron chi connectivity index (χ2n) is 4.66. The van der Waals surface area contributed by atoms with Gasteiger partial charge in [-0.1, -0.05) is 12.1 Å². The van der Waals surface area contributed by atoms with Crippen LogP contribution in [0.5, 0.6) is 5.75 Å². The van der Waals surface area contributed by atoms with Crippen molar-refractivity contribution in [2.45, 2.75) is 18.4 Å². The van der Waals surface area contributed by atoms with Gasteiger partial charge in [0.2, 0.25) is 10.0 Å². The minimum Gasteiger partial charge on any atom is -0.494 e. The number of nitro benzene ring substituents is 1. The van der Waals surface area contributed by atoms with Crippen LogP contribution >= 0.6 is 0 Å². The normalized spacial score (nSPS) is 11.2. The van der Waals surface area contributed by atoms with Gasteiger partial charge in [-0.25, -0.2) is 13.1 Å². The first-order valence-electron chi connectivity index (χ1n) is 6.88. The first kappa shape index (κ1) is 16.9. The Labute approximate surface area is 134 Å². The highest BCUT2D eigenvalue weighted by Gasteiger charge is 2.15. The summed E-state index contributed by atoms with van der Waals surface area (Å²) < 4.78 is 32.2. The Kier molecular flexibility index (Phi) is 5.30. The van der Waals surface area contributed by atoms with Gasteiger partial charge >= 0.3 is 0 Å². The van der Waals surface area contributed by atoms with Crippen molar-refractivity contribution >= 4 is 15.7 Å². The van der Waals surface area contributed by atoms with Crippen molar-refractivity contribution in [2.24, 2.45) is 0 Å². The van der Waals surface area contributed by atoms with E-state index in [1.54, 1.807) is 24.3 Å². The molecule has 2 aromatic carbocycles. The highest BCUT2D eigenvalue weighted by molar-refractivity contribution is 7.89. The van der Waals surface area contributed by atoms with Crippen LogP contribution in [0.25, 0.3) is 0 Å². The van der Waals surface area contributed by atoms with Gasteiger partial charge in [0.05, 0.1) is 16.4 Å². The van der Waals surface area contributed by atoms with Gasteiger partial charge < -0.3 is 4.74 Å². The standard InChI is InChI=1S/C15H16N2O5S/c1-2-22-14-5-3-4-12(10-14)11-16-23(20,21)15-8-6-13(7-9-15)17(18)19/h3-10,16H,2,11H2,1H3. The zero-order chi connectivity index (χ0) is 16.9. The number of ether oxygens (including phenoxy) is 1. The molecule has 2 aromatic rings. The van der Waals surface area contributed by atoms with Crippen LogP contribution in [0.1, 0.15) is 12.5 Å². The summed E-state index contributed by atoms with van der Waals surface area (Å²) in [6.45, 7) is 2.49. The number of non-ortho nitro benzene ring substituents is 1. The summed E-state index contributed by atoms with van der Waals surface area (Å²) in [5.74, 6) is 0.666. The Hall–Kier alpha value is -2.45. The molecule has 0 amide bonds. The maximum absolute atomic E-state index is 12.2. The summed E-state index contributed by atoms with van der Waals surface area (Å²) >= 11 is 0. The lowest BCUT2D eigenvalue weighted by Crippen LogP contribution is -2.23. The fraction of sp³-hybridized carbons (Fsp3) is 0.200. The van der Waals surface area contributed by atoms with E-state index >= 15 is 0 Å². The molecule has 0 aromatic heterocycles. The number of hydrogen-bond acceptors (Lipinski definition) is 5. The number of benzene rings is 2. The maximum atomic E-state index is 12.2. The molecule has 0 heterocycles.